The van der Waals surface area contributed by atoms with Gasteiger partial charge in [0.05, 0.1) is 31.4 Å². The summed E-state index contributed by atoms with van der Waals surface area (Å²) in [5.41, 5.74) is -0.311. The summed E-state index contributed by atoms with van der Waals surface area (Å²) >= 11 is 0. The zero-order chi connectivity index (χ0) is 19.7. The van der Waals surface area contributed by atoms with E-state index in [1.165, 1.54) is 19.2 Å². The molecule has 0 aliphatic carbocycles. The molecule has 1 aromatic rings. The van der Waals surface area contributed by atoms with Crippen molar-refractivity contribution < 1.29 is 28.6 Å². The van der Waals surface area contributed by atoms with Gasteiger partial charge in [0.25, 0.3) is 0 Å². The molecule has 7 nitrogen and oxygen atoms in total. The summed E-state index contributed by atoms with van der Waals surface area (Å²) in [5.74, 6) is -0.970. The van der Waals surface area contributed by atoms with E-state index in [0.29, 0.717) is 12.2 Å². The van der Waals surface area contributed by atoms with Crippen molar-refractivity contribution in [1.29, 1.82) is 0 Å². The fourth-order valence-corrected chi connectivity index (χ4v) is 1.99. The van der Waals surface area contributed by atoms with E-state index in [1.807, 2.05) is 20.8 Å². The van der Waals surface area contributed by atoms with Crippen molar-refractivity contribution in [1.82, 2.24) is 5.32 Å². The van der Waals surface area contributed by atoms with Crippen molar-refractivity contribution in [3.05, 3.63) is 29.3 Å². The smallest absolute Gasteiger partial charge is 0.339 e. The lowest BCUT2D eigenvalue weighted by atomic mass is 9.89. The molecule has 0 aliphatic heterocycles. The molecule has 1 N–H and O–H groups in total. The number of carbonyl (C=O) groups is 3. The van der Waals surface area contributed by atoms with Gasteiger partial charge in [-0.1, -0.05) is 20.8 Å². The third kappa shape index (κ3) is 5.75. The maximum atomic E-state index is 12.3. The third-order valence-corrected chi connectivity index (χ3v) is 4.06. The highest BCUT2D eigenvalue weighted by molar-refractivity contribution is 6.03. The summed E-state index contributed by atoms with van der Waals surface area (Å²) in [6.45, 7) is 7.67. The molecule has 0 bridgehead atoms. The van der Waals surface area contributed by atoms with Gasteiger partial charge in [0.15, 0.2) is 0 Å². The van der Waals surface area contributed by atoms with Crippen molar-refractivity contribution in [2.24, 2.45) is 5.41 Å². The van der Waals surface area contributed by atoms with Gasteiger partial charge in [-0.15, -0.1) is 0 Å². The zero-order valence-corrected chi connectivity index (χ0v) is 16.0. The molecule has 0 atom stereocenters. The largest absolute Gasteiger partial charge is 0.497 e. The summed E-state index contributed by atoms with van der Waals surface area (Å²) < 4.78 is 15.2. The molecule has 0 fully saturated rings. The van der Waals surface area contributed by atoms with Crippen LogP contribution in [0.1, 0.15) is 54.8 Å². The van der Waals surface area contributed by atoms with Gasteiger partial charge in [-0.25, -0.2) is 9.59 Å². The molecule has 0 spiro atoms. The fourth-order valence-electron chi connectivity index (χ4n) is 1.99. The summed E-state index contributed by atoms with van der Waals surface area (Å²) in [6.07, 6.45) is 0.702. The van der Waals surface area contributed by atoms with Crippen molar-refractivity contribution in [2.45, 2.75) is 34.1 Å². The molecule has 0 aliphatic rings. The first-order valence-corrected chi connectivity index (χ1v) is 8.57. The number of hydrogen-bond acceptors (Lipinski definition) is 6. The van der Waals surface area contributed by atoms with Crippen LogP contribution < -0.4 is 10.1 Å². The predicted molar refractivity (Wildman–Crippen MR) is 96.3 cm³/mol. The Morgan fingerprint density at radius 3 is 2.27 bits per heavy atom. The summed E-state index contributed by atoms with van der Waals surface area (Å²) in [5, 5.41) is 2.73. The maximum absolute atomic E-state index is 12.3. The monoisotopic (exact) mass is 365 g/mol. The van der Waals surface area contributed by atoms with Crippen LogP contribution in [0, 0.1) is 5.41 Å². The van der Waals surface area contributed by atoms with E-state index in [0.717, 1.165) is 0 Å². The number of ether oxygens (including phenoxy) is 3. The lowest BCUT2D eigenvalue weighted by Crippen LogP contribution is -2.38. The van der Waals surface area contributed by atoms with E-state index in [-0.39, 0.29) is 36.8 Å². The second-order valence-corrected chi connectivity index (χ2v) is 6.26. The Morgan fingerprint density at radius 1 is 1.04 bits per heavy atom. The van der Waals surface area contributed by atoms with Gasteiger partial charge >= 0.3 is 11.9 Å². The SMILES string of the molecule is CCOC(=O)c1cc(OC)ccc1C(=O)OCCNC(=O)C(C)(C)CC. The van der Waals surface area contributed by atoms with E-state index in [1.54, 1.807) is 13.0 Å². The Bertz CT molecular complexity index is 653. The van der Waals surface area contributed by atoms with E-state index in [9.17, 15) is 14.4 Å². The van der Waals surface area contributed by atoms with Crippen molar-refractivity contribution in [3.63, 3.8) is 0 Å². The molecule has 26 heavy (non-hydrogen) atoms. The quantitative estimate of drug-likeness (QED) is 0.534. The molecule has 1 aromatic carbocycles. The second kappa shape index (κ2) is 9.79. The van der Waals surface area contributed by atoms with Crippen molar-refractivity contribution in [3.8, 4) is 5.75 Å². The Balaban J connectivity index is 2.72. The summed E-state index contributed by atoms with van der Waals surface area (Å²) in [7, 11) is 1.46. The number of rotatable bonds is 9. The number of benzene rings is 1. The van der Waals surface area contributed by atoms with Gasteiger partial charge in [-0.3, -0.25) is 4.79 Å². The Kier molecular flexibility index (Phi) is 8.09. The highest BCUT2D eigenvalue weighted by Crippen LogP contribution is 2.20. The lowest BCUT2D eigenvalue weighted by Gasteiger charge is -2.21. The molecular weight excluding hydrogens is 338 g/mol. The lowest BCUT2D eigenvalue weighted by molar-refractivity contribution is -0.129. The number of esters is 2. The van der Waals surface area contributed by atoms with Crippen molar-refractivity contribution in [2.75, 3.05) is 26.9 Å². The minimum atomic E-state index is -0.667. The molecule has 0 radical (unpaired) electrons. The Labute approximate surface area is 154 Å². The highest BCUT2D eigenvalue weighted by Gasteiger charge is 2.25. The van der Waals surface area contributed by atoms with Gasteiger partial charge < -0.3 is 19.5 Å². The minimum Gasteiger partial charge on any atom is -0.497 e. The Hall–Kier alpha value is -2.57. The molecule has 1 amide bonds. The van der Waals surface area contributed by atoms with E-state index in [2.05, 4.69) is 5.32 Å². The van der Waals surface area contributed by atoms with Gasteiger partial charge in [0.1, 0.15) is 12.4 Å². The van der Waals surface area contributed by atoms with Crippen LogP contribution in [0.3, 0.4) is 0 Å². The normalized spacial score (nSPS) is 10.8. The first-order valence-electron chi connectivity index (χ1n) is 8.57. The molecule has 0 heterocycles. The Morgan fingerprint density at radius 2 is 1.69 bits per heavy atom. The summed E-state index contributed by atoms with van der Waals surface area (Å²) in [4.78, 5) is 36.3. The van der Waals surface area contributed by atoms with E-state index in [4.69, 9.17) is 14.2 Å². The molecule has 0 unspecified atom stereocenters. The molecule has 0 aromatic heterocycles. The van der Waals surface area contributed by atoms with Gasteiger partial charge in [0, 0.05) is 5.41 Å². The predicted octanol–water partition coefficient (Wildman–Crippen LogP) is 2.58. The molecule has 144 valence electrons. The third-order valence-electron chi connectivity index (χ3n) is 4.06. The van der Waals surface area contributed by atoms with Gasteiger partial charge in [-0.05, 0) is 31.5 Å². The molecule has 0 saturated heterocycles. The average molecular weight is 365 g/mol. The molecule has 0 saturated carbocycles. The molecular formula is C19H27NO6. The summed E-state index contributed by atoms with van der Waals surface area (Å²) in [6, 6.07) is 4.44. The van der Waals surface area contributed by atoms with Gasteiger partial charge in [-0.2, -0.15) is 0 Å². The number of methoxy groups -OCH3 is 1. The van der Waals surface area contributed by atoms with Crippen LogP contribution in [-0.4, -0.2) is 44.7 Å². The number of nitrogens with one attached hydrogen (secondary N) is 1. The standard InChI is InChI=1S/C19H27NO6/c1-6-19(3,4)18(23)20-10-11-26-16(21)14-9-8-13(24-5)12-15(14)17(22)25-7-2/h8-9,12H,6-7,10-11H2,1-5H3,(H,20,23). The second-order valence-electron chi connectivity index (χ2n) is 6.26. The number of hydrogen-bond donors (Lipinski definition) is 1. The van der Waals surface area contributed by atoms with Crippen LogP contribution in [0.5, 0.6) is 5.75 Å². The van der Waals surface area contributed by atoms with Crippen LogP contribution in [0.15, 0.2) is 18.2 Å². The number of carbonyl (C=O) groups excluding carboxylic acids is 3. The first kappa shape index (κ1) is 21.5. The van der Waals surface area contributed by atoms with Crippen LogP contribution in [-0.2, 0) is 14.3 Å². The van der Waals surface area contributed by atoms with Crippen LogP contribution in [0.25, 0.3) is 0 Å². The molecule has 1 rings (SSSR count). The van der Waals surface area contributed by atoms with Crippen LogP contribution >= 0.6 is 0 Å². The first-order chi connectivity index (χ1) is 12.3. The van der Waals surface area contributed by atoms with Gasteiger partial charge in [0.2, 0.25) is 5.91 Å². The minimum absolute atomic E-state index is 0.00133. The average Bonchev–Trinajstić information content (AvgIpc) is 2.64. The fraction of sp³-hybridized carbons (Fsp3) is 0.526. The topological polar surface area (TPSA) is 90.9 Å². The van der Waals surface area contributed by atoms with E-state index >= 15 is 0 Å². The molecule has 7 heteroatoms. The highest BCUT2D eigenvalue weighted by atomic mass is 16.5. The number of amides is 1. The van der Waals surface area contributed by atoms with Crippen LogP contribution in [0.4, 0.5) is 0 Å². The maximum Gasteiger partial charge on any atom is 0.339 e. The van der Waals surface area contributed by atoms with Crippen LogP contribution in [0.2, 0.25) is 0 Å². The van der Waals surface area contributed by atoms with E-state index < -0.39 is 17.4 Å². The zero-order valence-electron chi connectivity index (χ0n) is 16.0. The van der Waals surface area contributed by atoms with Crippen molar-refractivity contribution >= 4 is 17.8 Å².